The summed E-state index contributed by atoms with van der Waals surface area (Å²) >= 11 is 6.12. The number of amides is 1. The van der Waals surface area contributed by atoms with Crippen molar-refractivity contribution >= 4 is 38.4 Å². The fraction of sp³-hybridized carbons (Fsp3) is 0.222. The van der Waals surface area contributed by atoms with E-state index >= 15 is 0 Å². The third-order valence-corrected chi connectivity index (χ3v) is 8.57. The van der Waals surface area contributed by atoms with E-state index in [2.05, 4.69) is 4.98 Å². The van der Waals surface area contributed by atoms with E-state index in [1.54, 1.807) is 12.1 Å². The number of rotatable bonds is 7. The highest BCUT2D eigenvalue weighted by Gasteiger charge is 2.36. The standard InChI is InChI=1S/C27H26ClN3O5S/c1-17-7-9-20(14-22(17)18-5-3-2-4-6-18)36-16-21-15-31(11-12-35-21)37(33,34)26-23-13-19(28)8-10-24(23)30-25(26)27(29)32/h2-10,13-14,21,30H,11-12,15-16H2,1H3,(H2,29,32). The zero-order valence-corrected chi connectivity index (χ0v) is 21.7. The van der Waals surface area contributed by atoms with Gasteiger partial charge in [-0.05, 0) is 53.9 Å². The number of aryl methyl sites for hydroxylation is 1. The first-order valence-electron chi connectivity index (χ1n) is 11.8. The van der Waals surface area contributed by atoms with Gasteiger partial charge < -0.3 is 20.2 Å². The molecule has 0 aliphatic carbocycles. The van der Waals surface area contributed by atoms with Crippen LogP contribution in [0.5, 0.6) is 5.75 Å². The number of aromatic amines is 1. The average molecular weight is 540 g/mol. The molecule has 1 amide bonds. The second-order valence-corrected chi connectivity index (χ2v) is 11.2. The molecule has 1 aliphatic heterocycles. The Morgan fingerprint density at radius 1 is 1.16 bits per heavy atom. The van der Waals surface area contributed by atoms with E-state index in [-0.39, 0.29) is 36.9 Å². The number of morpholine rings is 1. The third kappa shape index (κ3) is 5.08. The summed E-state index contributed by atoms with van der Waals surface area (Å²) in [5.74, 6) is -0.206. The molecule has 0 saturated carbocycles. The Morgan fingerprint density at radius 3 is 2.70 bits per heavy atom. The fourth-order valence-electron chi connectivity index (χ4n) is 4.53. The molecule has 1 atom stereocenters. The fourth-order valence-corrected chi connectivity index (χ4v) is 6.49. The first-order chi connectivity index (χ1) is 17.7. The molecule has 1 aromatic heterocycles. The maximum atomic E-state index is 13.7. The van der Waals surface area contributed by atoms with Crippen LogP contribution in [0.25, 0.3) is 22.0 Å². The molecule has 0 radical (unpaired) electrons. The number of nitrogens with one attached hydrogen (secondary N) is 1. The molecule has 3 N–H and O–H groups in total. The second-order valence-electron chi connectivity index (χ2n) is 8.89. The van der Waals surface area contributed by atoms with Crippen molar-refractivity contribution < 1.29 is 22.7 Å². The smallest absolute Gasteiger partial charge is 0.266 e. The molecule has 1 saturated heterocycles. The summed E-state index contributed by atoms with van der Waals surface area (Å²) < 4.78 is 40.6. The van der Waals surface area contributed by atoms with Crippen molar-refractivity contribution in [1.82, 2.24) is 9.29 Å². The van der Waals surface area contributed by atoms with Crippen LogP contribution in [0.4, 0.5) is 0 Å². The maximum absolute atomic E-state index is 13.7. The summed E-state index contributed by atoms with van der Waals surface area (Å²) in [7, 11) is -4.09. The highest BCUT2D eigenvalue weighted by atomic mass is 35.5. The van der Waals surface area contributed by atoms with Crippen LogP contribution in [0.3, 0.4) is 0 Å². The quantitative estimate of drug-likeness (QED) is 0.362. The predicted molar refractivity (Wildman–Crippen MR) is 142 cm³/mol. The number of primary amides is 1. The Bertz CT molecular complexity index is 1570. The first kappa shape index (κ1) is 25.3. The van der Waals surface area contributed by atoms with Gasteiger partial charge in [0.05, 0.1) is 6.61 Å². The molecule has 5 rings (SSSR count). The lowest BCUT2D eigenvalue weighted by Gasteiger charge is -2.32. The van der Waals surface area contributed by atoms with Gasteiger partial charge in [0.1, 0.15) is 29.0 Å². The van der Waals surface area contributed by atoms with Gasteiger partial charge in [0.2, 0.25) is 10.0 Å². The van der Waals surface area contributed by atoms with Gasteiger partial charge >= 0.3 is 0 Å². The topological polar surface area (TPSA) is 115 Å². The van der Waals surface area contributed by atoms with E-state index in [0.717, 1.165) is 16.7 Å². The SMILES string of the molecule is Cc1ccc(OCC2CN(S(=O)(=O)c3c(C(N)=O)[nH]c4ccc(Cl)cc34)CCO2)cc1-c1ccccc1. The number of hydrogen-bond acceptors (Lipinski definition) is 5. The van der Waals surface area contributed by atoms with Crippen molar-refractivity contribution in [2.24, 2.45) is 5.73 Å². The van der Waals surface area contributed by atoms with E-state index in [0.29, 0.717) is 21.7 Å². The first-order valence-corrected chi connectivity index (χ1v) is 13.6. The van der Waals surface area contributed by atoms with Gasteiger partial charge in [0, 0.05) is 29.0 Å². The third-order valence-electron chi connectivity index (χ3n) is 6.39. The average Bonchev–Trinajstić information content (AvgIpc) is 3.29. The predicted octanol–water partition coefficient (Wildman–Crippen LogP) is 4.36. The summed E-state index contributed by atoms with van der Waals surface area (Å²) in [4.78, 5) is 14.8. The number of nitrogens with two attached hydrogens (primary N) is 1. The van der Waals surface area contributed by atoms with E-state index in [1.165, 1.54) is 10.4 Å². The number of ether oxygens (including phenoxy) is 2. The molecule has 8 nitrogen and oxygen atoms in total. The molecular weight excluding hydrogens is 514 g/mol. The highest BCUT2D eigenvalue weighted by Crippen LogP contribution is 2.32. The molecule has 2 heterocycles. The summed E-state index contributed by atoms with van der Waals surface area (Å²) in [6.07, 6.45) is -0.504. The molecule has 4 aromatic rings. The number of carbonyl (C=O) groups is 1. The maximum Gasteiger partial charge on any atom is 0.266 e. The minimum Gasteiger partial charge on any atom is -0.491 e. The highest BCUT2D eigenvalue weighted by molar-refractivity contribution is 7.89. The van der Waals surface area contributed by atoms with Gasteiger partial charge in [-0.25, -0.2) is 8.42 Å². The lowest BCUT2D eigenvalue weighted by atomic mass is 10.0. The number of fused-ring (bicyclic) bond motifs is 1. The van der Waals surface area contributed by atoms with Crippen LogP contribution in [0.2, 0.25) is 5.02 Å². The van der Waals surface area contributed by atoms with E-state index in [1.807, 2.05) is 55.5 Å². The van der Waals surface area contributed by atoms with Gasteiger partial charge in [-0.2, -0.15) is 4.31 Å². The largest absolute Gasteiger partial charge is 0.491 e. The van der Waals surface area contributed by atoms with Gasteiger partial charge in [-0.1, -0.05) is 48.0 Å². The van der Waals surface area contributed by atoms with E-state index in [9.17, 15) is 13.2 Å². The van der Waals surface area contributed by atoms with Crippen molar-refractivity contribution in [2.45, 2.75) is 17.9 Å². The number of aromatic nitrogens is 1. The number of benzene rings is 3. The summed E-state index contributed by atoms with van der Waals surface area (Å²) in [5, 5.41) is 0.661. The van der Waals surface area contributed by atoms with E-state index < -0.39 is 22.0 Å². The number of H-pyrrole nitrogens is 1. The molecule has 37 heavy (non-hydrogen) atoms. The number of carbonyl (C=O) groups excluding carboxylic acids is 1. The Kier molecular flexibility index (Phi) is 6.96. The van der Waals surface area contributed by atoms with Crippen LogP contribution in [-0.2, 0) is 14.8 Å². The molecule has 1 unspecified atom stereocenters. The molecule has 0 bridgehead atoms. The van der Waals surface area contributed by atoms with Crippen molar-refractivity contribution in [3.8, 4) is 16.9 Å². The molecular formula is C27H26ClN3O5S. The summed E-state index contributed by atoms with van der Waals surface area (Å²) in [6.45, 7) is 2.58. The molecule has 10 heteroatoms. The van der Waals surface area contributed by atoms with Gasteiger partial charge in [-0.3, -0.25) is 4.79 Å². The number of nitrogens with zero attached hydrogens (tertiary/aromatic N) is 1. The number of sulfonamides is 1. The Morgan fingerprint density at radius 2 is 1.95 bits per heavy atom. The summed E-state index contributed by atoms with van der Waals surface area (Å²) in [6, 6.07) is 20.6. The van der Waals surface area contributed by atoms with Gasteiger partial charge in [-0.15, -0.1) is 0 Å². The lowest BCUT2D eigenvalue weighted by molar-refractivity contribution is -0.0249. The zero-order chi connectivity index (χ0) is 26.2. The van der Waals surface area contributed by atoms with Crippen LogP contribution in [0.15, 0.2) is 71.6 Å². The van der Waals surface area contributed by atoms with E-state index in [4.69, 9.17) is 26.8 Å². The Balaban J connectivity index is 1.36. The van der Waals surface area contributed by atoms with Crippen molar-refractivity contribution in [1.29, 1.82) is 0 Å². The normalized spacial score (nSPS) is 16.6. The number of hydrogen-bond donors (Lipinski definition) is 2. The van der Waals surface area contributed by atoms with Crippen molar-refractivity contribution in [3.63, 3.8) is 0 Å². The zero-order valence-electron chi connectivity index (χ0n) is 20.1. The minimum absolute atomic E-state index is 0.0607. The molecule has 3 aromatic carbocycles. The monoisotopic (exact) mass is 539 g/mol. The van der Waals surface area contributed by atoms with Crippen molar-refractivity contribution in [3.05, 3.63) is 83.0 Å². The molecule has 1 aliphatic rings. The van der Waals surface area contributed by atoms with Crippen LogP contribution >= 0.6 is 11.6 Å². The molecule has 1 fully saturated rings. The summed E-state index contributed by atoms with van der Waals surface area (Å²) in [5.41, 5.74) is 9.06. The van der Waals surface area contributed by atoms with Gasteiger partial charge in [0.25, 0.3) is 5.91 Å². The second kappa shape index (κ2) is 10.2. The van der Waals surface area contributed by atoms with Crippen LogP contribution < -0.4 is 10.5 Å². The minimum atomic E-state index is -4.09. The number of halogens is 1. The Labute approximate surface area is 220 Å². The van der Waals surface area contributed by atoms with Crippen LogP contribution in [0.1, 0.15) is 16.1 Å². The van der Waals surface area contributed by atoms with Crippen molar-refractivity contribution in [2.75, 3.05) is 26.3 Å². The molecule has 0 spiro atoms. The lowest BCUT2D eigenvalue weighted by Crippen LogP contribution is -2.47. The van der Waals surface area contributed by atoms with Crippen LogP contribution in [0, 0.1) is 6.92 Å². The Hall–Kier alpha value is -3.37. The van der Waals surface area contributed by atoms with Crippen LogP contribution in [-0.4, -0.2) is 56.0 Å². The van der Waals surface area contributed by atoms with Gasteiger partial charge in [0.15, 0.2) is 0 Å². The molecule has 192 valence electrons.